The standard InChI is InChI=1S/C24H21Cl3F3N5O/c1-11-3-4-35(11)23-15(24(28,29)30)5-13(8-34-23)22(32)14-6-20(16(25)7-19(14)31)36-12(2)21-17(26)9-33-10-18(21)27/h5-12,32H,3-4,31H2,1-2H3/t11?,12-/m1/s1. The number of pyridine rings is 2. The molecule has 1 aliphatic rings. The molecule has 12 heteroatoms. The maximum atomic E-state index is 13.9. The van der Waals surface area contributed by atoms with Gasteiger partial charge in [-0.2, -0.15) is 13.2 Å². The Bertz CT molecular complexity index is 1310. The van der Waals surface area contributed by atoms with Gasteiger partial charge in [-0.25, -0.2) is 4.98 Å². The fourth-order valence-electron chi connectivity index (χ4n) is 3.95. The molecule has 4 rings (SSSR count). The van der Waals surface area contributed by atoms with Crippen molar-refractivity contribution in [3.8, 4) is 5.75 Å². The van der Waals surface area contributed by atoms with Crippen molar-refractivity contribution in [2.24, 2.45) is 0 Å². The summed E-state index contributed by atoms with van der Waals surface area (Å²) >= 11 is 18.7. The molecule has 0 saturated carbocycles. The zero-order valence-corrected chi connectivity index (χ0v) is 21.4. The van der Waals surface area contributed by atoms with Crippen LogP contribution in [0.2, 0.25) is 15.1 Å². The van der Waals surface area contributed by atoms with Gasteiger partial charge in [-0.15, -0.1) is 0 Å². The molecule has 0 bridgehead atoms. The highest BCUT2D eigenvalue weighted by atomic mass is 35.5. The zero-order valence-electron chi connectivity index (χ0n) is 19.1. The van der Waals surface area contributed by atoms with Gasteiger partial charge in [0, 0.05) is 53.6 Å². The number of nitrogens with two attached hydrogens (primary N) is 1. The molecule has 2 atom stereocenters. The van der Waals surface area contributed by atoms with Crippen LogP contribution >= 0.6 is 34.8 Å². The number of hydrogen-bond donors (Lipinski definition) is 2. The molecule has 36 heavy (non-hydrogen) atoms. The van der Waals surface area contributed by atoms with Gasteiger partial charge in [-0.1, -0.05) is 34.8 Å². The Labute approximate surface area is 220 Å². The van der Waals surface area contributed by atoms with Crippen molar-refractivity contribution in [2.75, 3.05) is 17.2 Å². The second-order valence-corrected chi connectivity index (χ2v) is 9.67. The highest BCUT2D eigenvalue weighted by molar-refractivity contribution is 6.36. The lowest BCUT2D eigenvalue weighted by molar-refractivity contribution is -0.137. The van der Waals surface area contributed by atoms with Gasteiger partial charge in [0.05, 0.1) is 26.3 Å². The van der Waals surface area contributed by atoms with Crippen LogP contribution in [0.25, 0.3) is 0 Å². The minimum Gasteiger partial charge on any atom is -0.484 e. The third-order valence-electron chi connectivity index (χ3n) is 6.03. The van der Waals surface area contributed by atoms with Crippen molar-refractivity contribution in [1.29, 1.82) is 5.41 Å². The lowest BCUT2D eigenvalue weighted by atomic mass is 9.99. The molecule has 2 aromatic heterocycles. The monoisotopic (exact) mass is 557 g/mol. The number of benzene rings is 1. The van der Waals surface area contributed by atoms with Crippen molar-refractivity contribution in [3.05, 3.63) is 74.1 Å². The fourth-order valence-corrected chi connectivity index (χ4v) is 4.84. The summed E-state index contributed by atoms with van der Waals surface area (Å²) < 4.78 is 47.6. The van der Waals surface area contributed by atoms with Gasteiger partial charge in [0.15, 0.2) is 0 Å². The first-order chi connectivity index (χ1) is 16.9. The van der Waals surface area contributed by atoms with Gasteiger partial charge in [-0.05, 0) is 38.5 Å². The first kappa shape index (κ1) is 26.3. The second-order valence-electron chi connectivity index (χ2n) is 8.45. The van der Waals surface area contributed by atoms with E-state index in [4.69, 9.17) is 50.7 Å². The number of nitrogens with one attached hydrogen (secondary N) is 1. The molecule has 3 aromatic rings. The highest BCUT2D eigenvalue weighted by Crippen LogP contribution is 2.40. The fraction of sp³-hybridized carbons (Fsp3) is 0.292. The molecule has 1 saturated heterocycles. The summed E-state index contributed by atoms with van der Waals surface area (Å²) in [6.07, 6.45) is -0.436. The molecule has 1 unspecified atom stereocenters. The van der Waals surface area contributed by atoms with Gasteiger partial charge in [0.1, 0.15) is 17.7 Å². The second kappa shape index (κ2) is 9.95. The summed E-state index contributed by atoms with van der Waals surface area (Å²) in [5.74, 6) is 0.00271. The van der Waals surface area contributed by atoms with Crippen LogP contribution in [0.5, 0.6) is 5.75 Å². The summed E-state index contributed by atoms with van der Waals surface area (Å²) in [4.78, 5) is 9.58. The molecule has 0 amide bonds. The van der Waals surface area contributed by atoms with E-state index in [0.717, 1.165) is 12.5 Å². The number of hydrogen-bond acceptors (Lipinski definition) is 6. The van der Waals surface area contributed by atoms with Crippen molar-refractivity contribution in [3.63, 3.8) is 0 Å². The van der Waals surface area contributed by atoms with E-state index in [0.29, 0.717) is 12.1 Å². The lowest BCUT2D eigenvalue weighted by Gasteiger charge is -2.40. The SMILES string of the molecule is CC1CCN1c1ncc(C(=N)c2cc(O[C@H](C)c3c(Cl)cncc3Cl)c(Cl)cc2N)cc1C(F)(F)F. The lowest BCUT2D eigenvalue weighted by Crippen LogP contribution is -2.47. The Balaban J connectivity index is 1.69. The van der Waals surface area contributed by atoms with Crippen LogP contribution in [0, 0.1) is 5.41 Å². The Hall–Kier alpha value is -2.75. The van der Waals surface area contributed by atoms with Crippen molar-refractivity contribution in [1.82, 2.24) is 9.97 Å². The van der Waals surface area contributed by atoms with Crippen LogP contribution in [0.3, 0.4) is 0 Å². The molecule has 0 aliphatic carbocycles. The van der Waals surface area contributed by atoms with Crippen LogP contribution in [0.1, 0.15) is 48.6 Å². The first-order valence-electron chi connectivity index (χ1n) is 10.9. The maximum absolute atomic E-state index is 13.9. The maximum Gasteiger partial charge on any atom is 0.419 e. The summed E-state index contributed by atoms with van der Waals surface area (Å²) in [7, 11) is 0. The van der Waals surface area contributed by atoms with Crippen LogP contribution in [-0.2, 0) is 6.18 Å². The van der Waals surface area contributed by atoms with Crippen LogP contribution in [0.4, 0.5) is 24.7 Å². The molecular weight excluding hydrogens is 538 g/mol. The first-order valence-corrected chi connectivity index (χ1v) is 12.0. The van der Waals surface area contributed by atoms with Crippen LogP contribution in [-0.4, -0.2) is 28.3 Å². The molecule has 6 nitrogen and oxygen atoms in total. The molecule has 1 fully saturated rings. The van der Waals surface area contributed by atoms with Crippen molar-refractivity contribution in [2.45, 2.75) is 38.6 Å². The molecule has 0 spiro atoms. The topological polar surface area (TPSA) is 88.1 Å². The van der Waals surface area contributed by atoms with E-state index in [9.17, 15) is 13.2 Å². The van der Waals surface area contributed by atoms with Crippen molar-refractivity contribution >= 4 is 52.0 Å². The minimum absolute atomic E-state index is 0.0417. The van der Waals surface area contributed by atoms with Gasteiger partial charge in [-0.3, -0.25) is 10.4 Å². The normalized spacial score (nSPS) is 16.4. The highest BCUT2D eigenvalue weighted by Gasteiger charge is 2.39. The third-order valence-corrected chi connectivity index (χ3v) is 6.92. The van der Waals surface area contributed by atoms with Gasteiger partial charge in [0.25, 0.3) is 0 Å². The minimum atomic E-state index is -4.65. The Morgan fingerprint density at radius 1 is 1.14 bits per heavy atom. The van der Waals surface area contributed by atoms with Gasteiger partial charge in [0.2, 0.25) is 0 Å². The van der Waals surface area contributed by atoms with Crippen LogP contribution in [0.15, 0.2) is 36.8 Å². The van der Waals surface area contributed by atoms with E-state index in [-0.39, 0.29) is 55.2 Å². The quantitative estimate of drug-likeness (QED) is 0.247. The summed E-state index contributed by atoms with van der Waals surface area (Å²) in [6, 6.07) is 3.65. The predicted molar refractivity (Wildman–Crippen MR) is 136 cm³/mol. The number of ether oxygens (including phenoxy) is 1. The van der Waals surface area contributed by atoms with E-state index in [2.05, 4.69) is 9.97 Å². The number of anilines is 2. The van der Waals surface area contributed by atoms with E-state index >= 15 is 0 Å². The summed E-state index contributed by atoms with van der Waals surface area (Å²) in [5.41, 5.74) is 5.58. The summed E-state index contributed by atoms with van der Waals surface area (Å²) in [6.45, 7) is 4.02. The van der Waals surface area contributed by atoms with Crippen LogP contribution < -0.4 is 15.4 Å². The Morgan fingerprint density at radius 2 is 1.81 bits per heavy atom. The van der Waals surface area contributed by atoms with Gasteiger partial charge < -0.3 is 15.4 Å². The smallest absolute Gasteiger partial charge is 0.419 e. The molecular formula is C24H21Cl3F3N5O. The average molecular weight is 559 g/mol. The number of rotatable bonds is 6. The number of nitrogen functional groups attached to an aromatic ring is 1. The summed E-state index contributed by atoms with van der Waals surface area (Å²) in [5, 5.41) is 9.35. The van der Waals surface area contributed by atoms with E-state index in [1.807, 2.05) is 6.92 Å². The molecule has 190 valence electrons. The van der Waals surface area contributed by atoms with E-state index in [1.54, 1.807) is 11.8 Å². The Kier molecular flexibility index (Phi) is 7.28. The molecule has 1 aromatic carbocycles. The zero-order chi connectivity index (χ0) is 26.4. The Morgan fingerprint density at radius 3 is 2.36 bits per heavy atom. The third kappa shape index (κ3) is 5.05. The number of alkyl halides is 3. The van der Waals surface area contributed by atoms with E-state index in [1.165, 1.54) is 30.7 Å². The predicted octanol–water partition coefficient (Wildman–Crippen LogP) is 7.19. The van der Waals surface area contributed by atoms with Gasteiger partial charge >= 0.3 is 6.18 Å². The molecule has 0 radical (unpaired) electrons. The largest absolute Gasteiger partial charge is 0.484 e. The number of aromatic nitrogens is 2. The molecule has 3 heterocycles. The number of halogens is 6. The van der Waals surface area contributed by atoms with E-state index < -0.39 is 17.8 Å². The van der Waals surface area contributed by atoms with Crippen molar-refractivity contribution < 1.29 is 17.9 Å². The molecule has 3 N–H and O–H groups in total. The number of nitrogens with zero attached hydrogens (tertiary/aromatic N) is 3. The average Bonchev–Trinajstić information content (AvgIpc) is 2.79. The molecule has 1 aliphatic heterocycles.